The third-order valence-corrected chi connectivity index (χ3v) is 2.62. The summed E-state index contributed by atoms with van der Waals surface area (Å²) in [5.74, 6) is 0.708. The lowest BCUT2D eigenvalue weighted by Crippen LogP contribution is -2.05. The smallest absolute Gasteiger partial charge is 0.213 e. The molecule has 0 bridgehead atoms. The molecule has 0 saturated carbocycles. The van der Waals surface area contributed by atoms with Crippen molar-refractivity contribution in [3.05, 3.63) is 28.9 Å². The van der Waals surface area contributed by atoms with E-state index in [-0.39, 0.29) is 0 Å². The van der Waals surface area contributed by atoms with Crippen LogP contribution >= 0.6 is 12.2 Å². The van der Waals surface area contributed by atoms with Gasteiger partial charge in [-0.15, -0.1) is 0 Å². The Balaban J connectivity index is 2.10. The standard InChI is InChI=1S/C9H12N4OS/c1-2-7-5-10-9(15)13(7)4-3-8-11-6-14-12-8/h5-6H,2-4H2,1H3,(H,10,15). The van der Waals surface area contributed by atoms with Crippen LogP contribution in [0.1, 0.15) is 18.4 Å². The average Bonchev–Trinajstić information content (AvgIpc) is 2.84. The molecule has 2 heterocycles. The summed E-state index contributed by atoms with van der Waals surface area (Å²) in [5, 5.41) is 3.76. The van der Waals surface area contributed by atoms with Gasteiger partial charge in [-0.25, -0.2) is 0 Å². The highest BCUT2D eigenvalue weighted by atomic mass is 32.1. The first-order valence-corrected chi connectivity index (χ1v) is 5.24. The van der Waals surface area contributed by atoms with E-state index in [2.05, 4.69) is 31.1 Å². The minimum Gasteiger partial charge on any atom is -0.343 e. The number of hydrogen-bond donors (Lipinski definition) is 1. The second-order valence-corrected chi connectivity index (χ2v) is 3.57. The quantitative estimate of drug-likeness (QED) is 0.803. The van der Waals surface area contributed by atoms with Crippen LogP contribution in [0.15, 0.2) is 17.1 Å². The number of aromatic amines is 1. The van der Waals surface area contributed by atoms with Gasteiger partial charge in [-0.2, -0.15) is 4.98 Å². The average molecular weight is 224 g/mol. The monoisotopic (exact) mass is 224 g/mol. The van der Waals surface area contributed by atoms with Gasteiger partial charge in [0, 0.05) is 24.9 Å². The Morgan fingerprint density at radius 3 is 3.13 bits per heavy atom. The zero-order valence-electron chi connectivity index (χ0n) is 8.43. The lowest BCUT2D eigenvalue weighted by Gasteiger charge is -2.03. The topological polar surface area (TPSA) is 59.6 Å². The van der Waals surface area contributed by atoms with E-state index in [1.807, 2.05) is 6.20 Å². The van der Waals surface area contributed by atoms with E-state index in [4.69, 9.17) is 12.2 Å². The second kappa shape index (κ2) is 4.39. The van der Waals surface area contributed by atoms with Crippen molar-refractivity contribution in [1.82, 2.24) is 19.7 Å². The number of hydrogen-bond acceptors (Lipinski definition) is 4. The van der Waals surface area contributed by atoms with Crippen molar-refractivity contribution in [2.75, 3.05) is 0 Å². The Hall–Kier alpha value is -1.43. The molecule has 0 radical (unpaired) electrons. The van der Waals surface area contributed by atoms with E-state index in [1.165, 1.54) is 12.1 Å². The van der Waals surface area contributed by atoms with E-state index < -0.39 is 0 Å². The van der Waals surface area contributed by atoms with Gasteiger partial charge >= 0.3 is 0 Å². The molecule has 2 rings (SSSR count). The van der Waals surface area contributed by atoms with Crippen molar-refractivity contribution in [1.29, 1.82) is 0 Å². The zero-order chi connectivity index (χ0) is 10.7. The van der Waals surface area contributed by atoms with Gasteiger partial charge < -0.3 is 14.1 Å². The van der Waals surface area contributed by atoms with Gasteiger partial charge in [-0.3, -0.25) is 0 Å². The molecule has 80 valence electrons. The van der Waals surface area contributed by atoms with E-state index >= 15 is 0 Å². The van der Waals surface area contributed by atoms with Gasteiger partial charge in [0.25, 0.3) is 0 Å². The predicted octanol–water partition coefficient (Wildman–Crippen LogP) is 1.73. The maximum absolute atomic E-state index is 5.18. The Labute approximate surface area is 92.1 Å². The summed E-state index contributed by atoms with van der Waals surface area (Å²) < 4.78 is 7.47. The third kappa shape index (κ3) is 2.15. The van der Waals surface area contributed by atoms with Crippen molar-refractivity contribution in [3.8, 4) is 0 Å². The first-order chi connectivity index (χ1) is 7.31. The molecule has 0 spiro atoms. The van der Waals surface area contributed by atoms with Crippen LogP contribution in [0, 0.1) is 4.77 Å². The number of rotatable bonds is 4. The maximum Gasteiger partial charge on any atom is 0.213 e. The summed E-state index contributed by atoms with van der Waals surface area (Å²) in [7, 11) is 0. The van der Waals surface area contributed by atoms with Crippen LogP contribution in [-0.4, -0.2) is 19.7 Å². The van der Waals surface area contributed by atoms with Crippen LogP contribution in [-0.2, 0) is 19.4 Å². The molecule has 6 heteroatoms. The summed E-state index contributed by atoms with van der Waals surface area (Å²) in [6.45, 7) is 2.88. The Kier molecular flexibility index (Phi) is 2.96. The van der Waals surface area contributed by atoms with Gasteiger partial charge in [0.05, 0.1) is 0 Å². The van der Waals surface area contributed by atoms with Crippen molar-refractivity contribution >= 4 is 12.2 Å². The van der Waals surface area contributed by atoms with Gasteiger partial charge in [-0.1, -0.05) is 12.1 Å². The second-order valence-electron chi connectivity index (χ2n) is 3.19. The first-order valence-electron chi connectivity index (χ1n) is 4.83. The molecule has 0 amide bonds. The van der Waals surface area contributed by atoms with Crippen LogP contribution in [0.25, 0.3) is 0 Å². The van der Waals surface area contributed by atoms with E-state index in [9.17, 15) is 0 Å². The Morgan fingerprint density at radius 2 is 2.47 bits per heavy atom. The fourth-order valence-electron chi connectivity index (χ4n) is 1.48. The lowest BCUT2D eigenvalue weighted by atomic mass is 10.3. The highest BCUT2D eigenvalue weighted by Gasteiger charge is 2.04. The summed E-state index contributed by atoms with van der Waals surface area (Å²) in [6, 6.07) is 0. The molecule has 0 aliphatic heterocycles. The normalized spacial score (nSPS) is 10.7. The van der Waals surface area contributed by atoms with E-state index in [0.29, 0.717) is 5.82 Å². The molecular formula is C9H12N4OS. The van der Waals surface area contributed by atoms with Crippen LogP contribution in [0.5, 0.6) is 0 Å². The molecule has 5 nitrogen and oxygen atoms in total. The van der Waals surface area contributed by atoms with Crippen LogP contribution in [0.2, 0.25) is 0 Å². The molecular weight excluding hydrogens is 212 g/mol. The largest absolute Gasteiger partial charge is 0.343 e. The third-order valence-electron chi connectivity index (χ3n) is 2.28. The predicted molar refractivity (Wildman–Crippen MR) is 57.0 cm³/mol. The minimum absolute atomic E-state index is 0.708. The Bertz CT molecular complexity index is 471. The Morgan fingerprint density at radius 1 is 1.60 bits per heavy atom. The molecule has 15 heavy (non-hydrogen) atoms. The maximum atomic E-state index is 5.18. The van der Waals surface area contributed by atoms with Crippen molar-refractivity contribution < 1.29 is 4.52 Å². The highest BCUT2D eigenvalue weighted by molar-refractivity contribution is 7.71. The number of aryl methyl sites for hydroxylation is 2. The summed E-state index contributed by atoms with van der Waals surface area (Å²) in [5.41, 5.74) is 1.20. The molecule has 0 atom stereocenters. The molecule has 0 aromatic carbocycles. The van der Waals surface area contributed by atoms with Gasteiger partial charge in [0.2, 0.25) is 6.39 Å². The number of H-pyrrole nitrogens is 1. The molecule has 0 saturated heterocycles. The zero-order valence-corrected chi connectivity index (χ0v) is 9.25. The molecule has 0 fully saturated rings. The van der Waals surface area contributed by atoms with Crippen LogP contribution in [0.3, 0.4) is 0 Å². The van der Waals surface area contributed by atoms with Crippen molar-refractivity contribution in [2.45, 2.75) is 26.3 Å². The van der Waals surface area contributed by atoms with Crippen molar-refractivity contribution in [3.63, 3.8) is 0 Å². The van der Waals surface area contributed by atoms with Crippen LogP contribution in [0.4, 0.5) is 0 Å². The minimum atomic E-state index is 0.708. The number of nitrogens with zero attached hydrogens (tertiary/aromatic N) is 3. The number of aromatic nitrogens is 4. The molecule has 2 aromatic rings. The van der Waals surface area contributed by atoms with E-state index in [1.54, 1.807) is 0 Å². The number of nitrogens with one attached hydrogen (secondary N) is 1. The molecule has 0 unspecified atom stereocenters. The molecule has 0 aliphatic carbocycles. The summed E-state index contributed by atoms with van der Waals surface area (Å²) in [4.78, 5) is 7.00. The molecule has 0 aliphatic rings. The first kappa shape index (κ1) is 10.1. The van der Waals surface area contributed by atoms with Gasteiger partial charge in [0.15, 0.2) is 10.6 Å². The number of imidazole rings is 1. The van der Waals surface area contributed by atoms with Gasteiger partial charge in [0.1, 0.15) is 0 Å². The summed E-state index contributed by atoms with van der Waals surface area (Å²) >= 11 is 5.18. The van der Waals surface area contributed by atoms with E-state index in [0.717, 1.165) is 24.2 Å². The van der Waals surface area contributed by atoms with Crippen molar-refractivity contribution in [2.24, 2.45) is 0 Å². The summed E-state index contributed by atoms with van der Waals surface area (Å²) in [6.07, 6.45) is 4.97. The highest BCUT2D eigenvalue weighted by Crippen LogP contribution is 2.04. The molecule has 2 aromatic heterocycles. The lowest BCUT2D eigenvalue weighted by molar-refractivity contribution is 0.408. The van der Waals surface area contributed by atoms with Crippen LogP contribution < -0.4 is 0 Å². The molecule has 1 N–H and O–H groups in total. The fourth-order valence-corrected chi connectivity index (χ4v) is 1.75. The fraction of sp³-hybridized carbons (Fsp3) is 0.444. The van der Waals surface area contributed by atoms with Gasteiger partial charge in [-0.05, 0) is 18.6 Å². The SMILES string of the molecule is CCc1c[nH]c(=S)n1CCc1ncon1.